The van der Waals surface area contributed by atoms with Crippen molar-refractivity contribution >= 4 is 21.6 Å². The molecule has 1 heterocycles. The second kappa shape index (κ2) is 5.77. The fourth-order valence-corrected chi connectivity index (χ4v) is 4.15. The fraction of sp³-hybridized carbons (Fsp3) is 0.538. The van der Waals surface area contributed by atoms with Crippen LogP contribution in [0.4, 0.5) is 4.39 Å². The standard InChI is InChI=1S/C13H17ClFNO2S/c1-10-3-2-6-16(9-10)19(17,18)13-5-4-11(8-14)7-12(13)15/h4-5,7,10H,2-3,6,8-9H2,1H3. The highest BCUT2D eigenvalue weighted by Gasteiger charge is 2.30. The molecule has 106 valence electrons. The lowest BCUT2D eigenvalue weighted by molar-refractivity contribution is 0.280. The van der Waals surface area contributed by atoms with E-state index in [0.29, 0.717) is 24.6 Å². The number of halogens is 2. The second-order valence-electron chi connectivity index (χ2n) is 5.01. The van der Waals surface area contributed by atoms with Crippen LogP contribution in [0, 0.1) is 11.7 Å². The topological polar surface area (TPSA) is 37.4 Å². The van der Waals surface area contributed by atoms with Crippen molar-refractivity contribution < 1.29 is 12.8 Å². The average Bonchev–Trinajstić information content (AvgIpc) is 2.38. The van der Waals surface area contributed by atoms with Crippen LogP contribution in [0.3, 0.4) is 0 Å². The van der Waals surface area contributed by atoms with Crippen LogP contribution in [-0.4, -0.2) is 25.8 Å². The highest BCUT2D eigenvalue weighted by atomic mass is 35.5. The molecular formula is C13H17ClFNO2S. The summed E-state index contributed by atoms with van der Waals surface area (Å²) in [6, 6.07) is 4.05. The molecule has 2 rings (SSSR count). The Labute approximate surface area is 118 Å². The molecule has 0 N–H and O–H groups in total. The lowest BCUT2D eigenvalue weighted by Crippen LogP contribution is -2.39. The number of hydrogen-bond donors (Lipinski definition) is 0. The Balaban J connectivity index is 2.33. The molecule has 1 aromatic carbocycles. The zero-order valence-corrected chi connectivity index (χ0v) is 12.3. The predicted octanol–water partition coefficient (Wildman–Crippen LogP) is 2.99. The second-order valence-corrected chi connectivity index (χ2v) is 7.18. The molecule has 0 bridgehead atoms. The smallest absolute Gasteiger partial charge is 0.207 e. The van der Waals surface area contributed by atoms with Gasteiger partial charge < -0.3 is 0 Å². The van der Waals surface area contributed by atoms with Crippen molar-refractivity contribution in [1.82, 2.24) is 4.31 Å². The molecule has 0 saturated carbocycles. The molecule has 3 nitrogen and oxygen atoms in total. The van der Waals surface area contributed by atoms with E-state index in [0.717, 1.165) is 12.8 Å². The van der Waals surface area contributed by atoms with Crippen molar-refractivity contribution in [2.24, 2.45) is 5.92 Å². The Morgan fingerprint density at radius 1 is 1.47 bits per heavy atom. The summed E-state index contributed by atoms with van der Waals surface area (Å²) in [6.45, 7) is 2.93. The first kappa shape index (κ1) is 14.8. The van der Waals surface area contributed by atoms with Gasteiger partial charge in [-0.05, 0) is 36.5 Å². The third-order valence-corrected chi connectivity index (χ3v) is 5.60. The maximum absolute atomic E-state index is 13.9. The molecule has 0 aromatic heterocycles. The van der Waals surface area contributed by atoms with E-state index in [1.165, 1.54) is 16.4 Å². The Morgan fingerprint density at radius 3 is 2.79 bits per heavy atom. The maximum atomic E-state index is 13.9. The zero-order chi connectivity index (χ0) is 14.0. The van der Waals surface area contributed by atoms with E-state index in [2.05, 4.69) is 0 Å². The van der Waals surface area contributed by atoms with Crippen LogP contribution in [0.25, 0.3) is 0 Å². The largest absolute Gasteiger partial charge is 0.245 e. The maximum Gasteiger partial charge on any atom is 0.245 e. The summed E-state index contributed by atoms with van der Waals surface area (Å²) in [6.07, 6.45) is 1.83. The van der Waals surface area contributed by atoms with Crippen LogP contribution < -0.4 is 0 Å². The molecular weight excluding hydrogens is 289 g/mol. The Morgan fingerprint density at radius 2 is 2.21 bits per heavy atom. The summed E-state index contributed by atoms with van der Waals surface area (Å²) >= 11 is 5.61. The number of alkyl halides is 1. The number of hydrogen-bond acceptors (Lipinski definition) is 2. The normalized spacial score (nSPS) is 21.5. The molecule has 1 fully saturated rings. The van der Waals surface area contributed by atoms with Gasteiger partial charge in [-0.25, -0.2) is 12.8 Å². The summed E-state index contributed by atoms with van der Waals surface area (Å²) in [5.74, 6) is -0.247. The van der Waals surface area contributed by atoms with Gasteiger partial charge in [-0.15, -0.1) is 11.6 Å². The lowest BCUT2D eigenvalue weighted by Gasteiger charge is -2.30. The molecule has 0 radical (unpaired) electrons. The number of piperidine rings is 1. The molecule has 0 aliphatic carbocycles. The van der Waals surface area contributed by atoms with Gasteiger partial charge in [0.2, 0.25) is 10.0 Å². The van der Waals surface area contributed by atoms with Crippen molar-refractivity contribution in [3.8, 4) is 0 Å². The highest BCUT2D eigenvalue weighted by molar-refractivity contribution is 7.89. The average molecular weight is 306 g/mol. The van der Waals surface area contributed by atoms with Gasteiger partial charge >= 0.3 is 0 Å². The van der Waals surface area contributed by atoms with Gasteiger partial charge in [0, 0.05) is 19.0 Å². The summed E-state index contributed by atoms with van der Waals surface area (Å²) in [7, 11) is -3.74. The van der Waals surface area contributed by atoms with Crippen LogP contribution in [0.1, 0.15) is 25.3 Å². The Bertz CT molecular complexity index is 562. The summed E-state index contributed by atoms with van der Waals surface area (Å²) in [5.41, 5.74) is 0.574. The van der Waals surface area contributed by atoms with E-state index >= 15 is 0 Å². The third-order valence-electron chi connectivity index (χ3n) is 3.39. The summed E-state index contributed by atoms with van der Waals surface area (Å²) in [4.78, 5) is -0.254. The SMILES string of the molecule is CC1CCCN(S(=O)(=O)c2ccc(CCl)cc2F)C1. The number of rotatable bonds is 3. The highest BCUT2D eigenvalue weighted by Crippen LogP contribution is 2.25. The van der Waals surface area contributed by atoms with Crippen molar-refractivity contribution in [3.05, 3.63) is 29.6 Å². The fourth-order valence-electron chi connectivity index (χ4n) is 2.34. The van der Waals surface area contributed by atoms with E-state index in [-0.39, 0.29) is 10.8 Å². The van der Waals surface area contributed by atoms with Crippen LogP contribution in [-0.2, 0) is 15.9 Å². The van der Waals surface area contributed by atoms with Gasteiger partial charge in [0.05, 0.1) is 0 Å². The minimum atomic E-state index is -3.74. The Kier molecular flexibility index (Phi) is 4.48. The van der Waals surface area contributed by atoms with Gasteiger partial charge in [-0.2, -0.15) is 4.31 Å². The molecule has 1 unspecified atom stereocenters. The monoisotopic (exact) mass is 305 g/mol. The van der Waals surface area contributed by atoms with E-state index in [4.69, 9.17) is 11.6 Å². The number of sulfonamides is 1. The summed E-state index contributed by atoms with van der Waals surface area (Å²) < 4.78 is 40.1. The first-order chi connectivity index (χ1) is 8.95. The predicted molar refractivity (Wildman–Crippen MR) is 73.1 cm³/mol. The van der Waals surface area contributed by atoms with E-state index in [1.807, 2.05) is 6.92 Å². The molecule has 1 atom stereocenters. The van der Waals surface area contributed by atoms with Crippen molar-refractivity contribution in [2.45, 2.75) is 30.5 Å². The van der Waals surface area contributed by atoms with Crippen molar-refractivity contribution in [1.29, 1.82) is 0 Å². The van der Waals surface area contributed by atoms with Crippen molar-refractivity contribution in [2.75, 3.05) is 13.1 Å². The van der Waals surface area contributed by atoms with Crippen molar-refractivity contribution in [3.63, 3.8) is 0 Å². The first-order valence-electron chi connectivity index (χ1n) is 6.29. The van der Waals surface area contributed by atoms with Gasteiger partial charge in [0.1, 0.15) is 10.7 Å². The molecule has 1 aliphatic heterocycles. The zero-order valence-electron chi connectivity index (χ0n) is 10.8. The molecule has 0 amide bonds. The molecule has 6 heteroatoms. The van der Waals surface area contributed by atoms with E-state index in [1.54, 1.807) is 6.07 Å². The minimum Gasteiger partial charge on any atom is -0.207 e. The molecule has 1 aliphatic rings. The lowest BCUT2D eigenvalue weighted by atomic mass is 10.0. The van der Waals surface area contributed by atoms with Crippen LogP contribution in [0.2, 0.25) is 0 Å². The van der Waals surface area contributed by atoms with E-state index in [9.17, 15) is 12.8 Å². The molecule has 1 aromatic rings. The van der Waals surface area contributed by atoms with Crippen LogP contribution >= 0.6 is 11.6 Å². The number of nitrogens with zero attached hydrogens (tertiary/aromatic N) is 1. The third kappa shape index (κ3) is 3.09. The van der Waals surface area contributed by atoms with Gasteiger partial charge in [0.15, 0.2) is 0 Å². The van der Waals surface area contributed by atoms with Gasteiger partial charge in [-0.1, -0.05) is 13.0 Å². The quantitative estimate of drug-likeness (QED) is 0.805. The van der Waals surface area contributed by atoms with Gasteiger partial charge in [0.25, 0.3) is 0 Å². The minimum absolute atomic E-state index is 0.165. The number of benzene rings is 1. The van der Waals surface area contributed by atoms with Crippen LogP contribution in [0.5, 0.6) is 0 Å². The molecule has 19 heavy (non-hydrogen) atoms. The van der Waals surface area contributed by atoms with Crippen LogP contribution in [0.15, 0.2) is 23.1 Å². The Hall–Kier alpha value is -0.650. The summed E-state index contributed by atoms with van der Waals surface area (Å²) in [5, 5.41) is 0. The molecule has 0 spiro atoms. The first-order valence-corrected chi connectivity index (χ1v) is 8.27. The van der Waals surface area contributed by atoms with Gasteiger partial charge in [-0.3, -0.25) is 0 Å². The molecule has 1 saturated heterocycles. The van der Waals surface area contributed by atoms with E-state index < -0.39 is 15.8 Å².